The van der Waals surface area contributed by atoms with Crippen LogP contribution in [0.4, 0.5) is 11.4 Å². The van der Waals surface area contributed by atoms with E-state index >= 15 is 0 Å². The molecule has 0 bridgehead atoms. The molecule has 0 aliphatic heterocycles. The maximum absolute atomic E-state index is 12.2. The first-order valence-corrected chi connectivity index (χ1v) is 8.50. The number of benzene rings is 2. The average Bonchev–Trinajstić information content (AvgIpc) is 2.61. The Kier molecular flexibility index (Phi) is 6.60. The average molecular weight is 356 g/mol. The van der Waals surface area contributed by atoms with Gasteiger partial charge in [0.05, 0.1) is 17.9 Å². The van der Waals surface area contributed by atoms with Gasteiger partial charge < -0.3 is 20.5 Å². The van der Waals surface area contributed by atoms with Crippen LogP contribution < -0.4 is 15.8 Å². The first-order valence-electron chi connectivity index (χ1n) is 8.50. The van der Waals surface area contributed by atoms with Crippen LogP contribution in [0.2, 0.25) is 0 Å². The van der Waals surface area contributed by atoms with Crippen LogP contribution in [0.5, 0.6) is 5.75 Å². The summed E-state index contributed by atoms with van der Waals surface area (Å²) in [4.78, 5) is 24.0. The first kappa shape index (κ1) is 19.3. The Labute approximate surface area is 153 Å². The van der Waals surface area contributed by atoms with Crippen molar-refractivity contribution in [2.24, 2.45) is 0 Å². The molecule has 0 heterocycles. The van der Waals surface area contributed by atoms with Crippen molar-refractivity contribution in [3.05, 3.63) is 53.6 Å². The van der Waals surface area contributed by atoms with Gasteiger partial charge in [0.15, 0.2) is 6.61 Å². The van der Waals surface area contributed by atoms with Gasteiger partial charge >= 0.3 is 5.97 Å². The van der Waals surface area contributed by atoms with E-state index in [0.717, 1.165) is 11.3 Å². The van der Waals surface area contributed by atoms with Crippen molar-refractivity contribution >= 4 is 23.3 Å². The Hall–Kier alpha value is -3.02. The number of carbonyl (C=O) groups is 2. The SMILES string of the molecule is CCOC(=O)c1ccc(N)c(OCC(=O)Nc2ccccc2C(C)C)c1. The molecule has 1 amide bonds. The normalized spacial score (nSPS) is 10.5. The Balaban J connectivity index is 2.03. The van der Waals surface area contributed by atoms with E-state index in [-0.39, 0.29) is 30.8 Å². The van der Waals surface area contributed by atoms with Crippen molar-refractivity contribution in [1.82, 2.24) is 0 Å². The zero-order chi connectivity index (χ0) is 19.1. The second-order valence-electron chi connectivity index (χ2n) is 6.05. The third-order valence-corrected chi connectivity index (χ3v) is 3.74. The lowest BCUT2D eigenvalue weighted by Crippen LogP contribution is -2.21. The van der Waals surface area contributed by atoms with Crippen LogP contribution in [0.1, 0.15) is 42.6 Å². The van der Waals surface area contributed by atoms with Crippen molar-refractivity contribution in [2.75, 3.05) is 24.3 Å². The maximum atomic E-state index is 12.2. The van der Waals surface area contributed by atoms with Gasteiger partial charge in [-0.15, -0.1) is 0 Å². The highest BCUT2D eigenvalue weighted by molar-refractivity contribution is 5.93. The highest BCUT2D eigenvalue weighted by Crippen LogP contribution is 2.25. The van der Waals surface area contributed by atoms with Gasteiger partial charge in [-0.2, -0.15) is 0 Å². The minimum absolute atomic E-state index is 0.219. The summed E-state index contributed by atoms with van der Waals surface area (Å²) in [5, 5.41) is 2.84. The number of nitrogens with two attached hydrogens (primary N) is 1. The summed E-state index contributed by atoms with van der Waals surface area (Å²) in [6, 6.07) is 12.2. The van der Waals surface area contributed by atoms with Gasteiger partial charge in [-0.3, -0.25) is 4.79 Å². The topological polar surface area (TPSA) is 90.7 Å². The third-order valence-electron chi connectivity index (χ3n) is 3.74. The Morgan fingerprint density at radius 3 is 2.58 bits per heavy atom. The van der Waals surface area contributed by atoms with Gasteiger partial charge in [-0.25, -0.2) is 4.79 Å². The molecule has 26 heavy (non-hydrogen) atoms. The molecule has 0 spiro atoms. The second kappa shape index (κ2) is 8.89. The molecular formula is C20H24N2O4. The molecule has 0 fully saturated rings. The molecule has 2 aromatic carbocycles. The molecule has 0 aliphatic carbocycles. The number of nitrogens with one attached hydrogen (secondary N) is 1. The van der Waals surface area contributed by atoms with Crippen LogP contribution in [0.15, 0.2) is 42.5 Å². The largest absolute Gasteiger partial charge is 0.482 e. The molecule has 6 heteroatoms. The van der Waals surface area contributed by atoms with Gasteiger partial charge in [0.1, 0.15) is 5.75 Å². The number of anilines is 2. The van der Waals surface area contributed by atoms with E-state index in [4.69, 9.17) is 15.2 Å². The highest BCUT2D eigenvalue weighted by Gasteiger charge is 2.13. The summed E-state index contributed by atoms with van der Waals surface area (Å²) in [6.07, 6.45) is 0. The van der Waals surface area contributed by atoms with Crippen molar-refractivity contribution in [3.8, 4) is 5.75 Å². The minimum atomic E-state index is -0.465. The molecule has 6 nitrogen and oxygen atoms in total. The third kappa shape index (κ3) is 4.99. The van der Waals surface area contributed by atoms with Crippen molar-refractivity contribution in [1.29, 1.82) is 0 Å². The Morgan fingerprint density at radius 2 is 1.88 bits per heavy atom. The van der Waals surface area contributed by atoms with E-state index < -0.39 is 5.97 Å². The second-order valence-corrected chi connectivity index (χ2v) is 6.05. The van der Waals surface area contributed by atoms with E-state index in [0.29, 0.717) is 11.3 Å². The molecule has 0 radical (unpaired) electrons. The van der Waals surface area contributed by atoms with Crippen molar-refractivity contribution < 1.29 is 19.1 Å². The van der Waals surface area contributed by atoms with Crippen LogP contribution >= 0.6 is 0 Å². The van der Waals surface area contributed by atoms with Crippen LogP contribution in [-0.4, -0.2) is 25.1 Å². The molecule has 3 N–H and O–H groups in total. The molecular weight excluding hydrogens is 332 g/mol. The van der Waals surface area contributed by atoms with E-state index in [1.165, 1.54) is 6.07 Å². The number of rotatable bonds is 7. The van der Waals surface area contributed by atoms with Gasteiger partial charge in [-0.1, -0.05) is 32.0 Å². The molecule has 2 aromatic rings. The number of ether oxygens (including phenoxy) is 2. The Morgan fingerprint density at radius 1 is 1.15 bits per heavy atom. The van der Waals surface area contributed by atoms with E-state index in [1.54, 1.807) is 19.1 Å². The highest BCUT2D eigenvalue weighted by atomic mass is 16.5. The van der Waals surface area contributed by atoms with E-state index in [2.05, 4.69) is 19.2 Å². The fourth-order valence-corrected chi connectivity index (χ4v) is 2.44. The standard InChI is InChI=1S/C20H24N2O4/c1-4-25-20(24)14-9-10-16(21)18(11-14)26-12-19(23)22-17-8-6-5-7-15(17)13(2)3/h5-11,13H,4,12,21H2,1-3H3,(H,22,23). The predicted molar refractivity (Wildman–Crippen MR) is 101 cm³/mol. The van der Waals surface area contributed by atoms with Gasteiger partial charge in [-0.05, 0) is 42.7 Å². The van der Waals surface area contributed by atoms with E-state index in [1.807, 2.05) is 24.3 Å². The molecule has 0 aliphatic rings. The monoisotopic (exact) mass is 356 g/mol. The number of hydrogen-bond acceptors (Lipinski definition) is 5. The zero-order valence-electron chi connectivity index (χ0n) is 15.2. The number of hydrogen-bond donors (Lipinski definition) is 2. The smallest absolute Gasteiger partial charge is 0.338 e. The number of carbonyl (C=O) groups excluding carboxylic acids is 2. The fraction of sp³-hybridized carbons (Fsp3) is 0.300. The lowest BCUT2D eigenvalue weighted by molar-refractivity contribution is -0.118. The van der Waals surface area contributed by atoms with Crippen molar-refractivity contribution in [3.63, 3.8) is 0 Å². The zero-order valence-corrected chi connectivity index (χ0v) is 15.2. The summed E-state index contributed by atoms with van der Waals surface area (Å²) in [7, 11) is 0. The molecule has 0 saturated carbocycles. The summed E-state index contributed by atoms with van der Waals surface area (Å²) < 4.78 is 10.4. The first-order chi connectivity index (χ1) is 12.4. The molecule has 2 rings (SSSR count). The van der Waals surface area contributed by atoms with Crippen molar-refractivity contribution in [2.45, 2.75) is 26.7 Å². The molecule has 0 atom stereocenters. The van der Waals surface area contributed by atoms with Gasteiger partial charge in [0.2, 0.25) is 0 Å². The fourth-order valence-electron chi connectivity index (χ4n) is 2.44. The van der Waals surface area contributed by atoms with Gasteiger partial charge in [0.25, 0.3) is 5.91 Å². The predicted octanol–water partition coefficient (Wildman–Crippen LogP) is 3.59. The molecule has 0 unspecified atom stereocenters. The number of esters is 1. The van der Waals surface area contributed by atoms with E-state index in [9.17, 15) is 9.59 Å². The molecule has 0 saturated heterocycles. The molecule has 0 aromatic heterocycles. The van der Waals surface area contributed by atoms with Gasteiger partial charge in [0, 0.05) is 5.69 Å². The minimum Gasteiger partial charge on any atom is -0.482 e. The summed E-state index contributed by atoms with van der Waals surface area (Å²) >= 11 is 0. The summed E-state index contributed by atoms with van der Waals surface area (Å²) in [5.74, 6) is -0.223. The van der Waals surface area contributed by atoms with Crippen LogP contribution in [-0.2, 0) is 9.53 Å². The summed E-state index contributed by atoms with van der Waals surface area (Å²) in [6.45, 7) is 5.90. The maximum Gasteiger partial charge on any atom is 0.338 e. The van der Waals surface area contributed by atoms with Crippen LogP contribution in [0.3, 0.4) is 0 Å². The quantitative estimate of drug-likeness (QED) is 0.584. The Bertz CT molecular complexity index is 787. The number of nitrogen functional groups attached to an aromatic ring is 1. The number of amides is 1. The number of para-hydroxylation sites is 1. The van der Waals surface area contributed by atoms with Crippen LogP contribution in [0.25, 0.3) is 0 Å². The lowest BCUT2D eigenvalue weighted by atomic mass is 10.0. The molecule has 138 valence electrons. The summed E-state index contributed by atoms with van der Waals surface area (Å²) in [5.41, 5.74) is 8.32. The van der Waals surface area contributed by atoms with Crippen LogP contribution in [0, 0.1) is 0 Å². The lowest BCUT2D eigenvalue weighted by Gasteiger charge is -2.14.